The number of rotatable bonds is 4. The van der Waals surface area contributed by atoms with Gasteiger partial charge in [-0.25, -0.2) is 9.18 Å². The standard InChI is InChI=1S/C10H9ClFNO4/c11-5-1-2-6(7(12)3-5)9(15)13-8(4-14)10(16)17/h1-3,8,14H,4H2,(H,13,15)(H,16,17)/t8-/m1/s1. The van der Waals surface area contributed by atoms with Crippen molar-refractivity contribution >= 4 is 23.5 Å². The fraction of sp³-hybridized carbons (Fsp3) is 0.200. The first kappa shape index (κ1) is 13.4. The molecular formula is C10H9ClFNO4. The van der Waals surface area contributed by atoms with Gasteiger partial charge in [0.2, 0.25) is 0 Å². The molecule has 1 aromatic carbocycles. The minimum absolute atomic E-state index is 0.121. The van der Waals surface area contributed by atoms with Gasteiger partial charge >= 0.3 is 5.97 Å². The maximum atomic E-state index is 13.3. The molecule has 1 rings (SSSR count). The number of hydrogen-bond acceptors (Lipinski definition) is 3. The van der Waals surface area contributed by atoms with Crippen molar-refractivity contribution in [3.05, 3.63) is 34.6 Å². The number of halogens is 2. The molecule has 5 nitrogen and oxygen atoms in total. The summed E-state index contributed by atoms with van der Waals surface area (Å²) in [6, 6.07) is 1.89. The second kappa shape index (κ2) is 5.60. The summed E-state index contributed by atoms with van der Waals surface area (Å²) in [4.78, 5) is 22.0. The second-order valence-electron chi connectivity index (χ2n) is 3.17. The molecule has 0 heterocycles. The first-order valence-electron chi connectivity index (χ1n) is 4.55. The smallest absolute Gasteiger partial charge is 0.328 e. The Bertz CT molecular complexity index is 452. The largest absolute Gasteiger partial charge is 0.480 e. The van der Waals surface area contributed by atoms with Crippen LogP contribution in [0.4, 0.5) is 4.39 Å². The number of hydrogen-bond donors (Lipinski definition) is 3. The van der Waals surface area contributed by atoms with Crippen LogP contribution in [0.25, 0.3) is 0 Å². The van der Waals surface area contributed by atoms with Crippen molar-refractivity contribution in [2.24, 2.45) is 0 Å². The predicted octanol–water partition coefficient (Wildman–Crippen LogP) is 0.654. The molecule has 7 heteroatoms. The number of aliphatic hydroxyl groups excluding tert-OH is 1. The highest BCUT2D eigenvalue weighted by molar-refractivity contribution is 6.30. The van der Waals surface area contributed by atoms with Crippen molar-refractivity contribution in [2.45, 2.75) is 6.04 Å². The summed E-state index contributed by atoms with van der Waals surface area (Å²) in [6.45, 7) is -0.781. The zero-order chi connectivity index (χ0) is 13.0. The van der Waals surface area contributed by atoms with E-state index in [1.807, 2.05) is 5.32 Å². The molecule has 1 atom stereocenters. The van der Waals surface area contributed by atoms with Crippen molar-refractivity contribution in [1.29, 1.82) is 0 Å². The molecule has 92 valence electrons. The average Bonchev–Trinajstić information content (AvgIpc) is 2.24. The number of aliphatic hydroxyl groups is 1. The van der Waals surface area contributed by atoms with Crippen molar-refractivity contribution in [1.82, 2.24) is 5.32 Å². The van der Waals surface area contributed by atoms with Crippen LogP contribution in [0.5, 0.6) is 0 Å². The Morgan fingerprint density at radius 3 is 2.59 bits per heavy atom. The third-order valence-electron chi connectivity index (χ3n) is 1.96. The molecule has 0 unspecified atom stereocenters. The first-order valence-corrected chi connectivity index (χ1v) is 4.93. The lowest BCUT2D eigenvalue weighted by Gasteiger charge is -2.11. The van der Waals surface area contributed by atoms with E-state index < -0.39 is 30.3 Å². The van der Waals surface area contributed by atoms with Crippen molar-refractivity contribution in [2.75, 3.05) is 6.61 Å². The van der Waals surface area contributed by atoms with Gasteiger partial charge in [0.15, 0.2) is 6.04 Å². The fourth-order valence-electron chi connectivity index (χ4n) is 1.10. The van der Waals surface area contributed by atoms with Crippen LogP contribution in [0.15, 0.2) is 18.2 Å². The van der Waals surface area contributed by atoms with Crippen LogP contribution in [-0.2, 0) is 4.79 Å². The van der Waals surface area contributed by atoms with Gasteiger partial charge in [0.1, 0.15) is 5.82 Å². The summed E-state index contributed by atoms with van der Waals surface area (Å²) in [5, 5.41) is 19.4. The molecule has 17 heavy (non-hydrogen) atoms. The molecule has 0 aliphatic heterocycles. The number of amides is 1. The zero-order valence-electron chi connectivity index (χ0n) is 8.48. The van der Waals surface area contributed by atoms with E-state index in [-0.39, 0.29) is 10.6 Å². The minimum Gasteiger partial charge on any atom is -0.480 e. The SMILES string of the molecule is O=C(N[C@H](CO)C(=O)O)c1ccc(Cl)cc1F. The van der Waals surface area contributed by atoms with Gasteiger partial charge in [-0.05, 0) is 18.2 Å². The van der Waals surface area contributed by atoms with E-state index in [0.717, 1.165) is 12.1 Å². The maximum Gasteiger partial charge on any atom is 0.328 e. The Morgan fingerprint density at radius 2 is 2.12 bits per heavy atom. The molecule has 0 spiro atoms. The van der Waals surface area contributed by atoms with Gasteiger partial charge in [-0.1, -0.05) is 11.6 Å². The lowest BCUT2D eigenvalue weighted by atomic mass is 10.2. The third kappa shape index (κ3) is 3.40. The van der Waals surface area contributed by atoms with Crippen LogP contribution in [0.2, 0.25) is 5.02 Å². The van der Waals surface area contributed by atoms with Crippen LogP contribution in [0.3, 0.4) is 0 Å². The van der Waals surface area contributed by atoms with Crippen LogP contribution in [0, 0.1) is 5.82 Å². The molecule has 0 radical (unpaired) electrons. The van der Waals surface area contributed by atoms with Crippen LogP contribution in [0.1, 0.15) is 10.4 Å². The Hall–Kier alpha value is -1.66. The zero-order valence-corrected chi connectivity index (χ0v) is 9.24. The van der Waals surface area contributed by atoms with Crippen LogP contribution in [-0.4, -0.2) is 34.7 Å². The van der Waals surface area contributed by atoms with Gasteiger partial charge in [0.25, 0.3) is 5.91 Å². The van der Waals surface area contributed by atoms with Gasteiger partial charge < -0.3 is 15.5 Å². The number of carboxylic acid groups (broad SMARTS) is 1. The highest BCUT2D eigenvalue weighted by Gasteiger charge is 2.21. The van der Waals surface area contributed by atoms with Gasteiger partial charge in [-0.3, -0.25) is 4.79 Å². The average molecular weight is 262 g/mol. The molecule has 0 aliphatic rings. The summed E-state index contributed by atoms with van der Waals surface area (Å²) in [6.07, 6.45) is 0. The highest BCUT2D eigenvalue weighted by Crippen LogP contribution is 2.14. The molecule has 0 saturated carbocycles. The number of carbonyl (C=O) groups excluding carboxylic acids is 1. The first-order chi connectivity index (χ1) is 7.95. The maximum absolute atomic E-state index is 13.3. The van der Waals surface area contributed by atoms with Crippen LogP contribution < -0.4 is 5.32 Å². The summed E-state index contributed by atoms with van der Waals surface area (Å²) in [5.41, 5.74) is -0.339. The van der Waals surface area contributed by atoms with Gasteiger partial charge in [0, 0.05) is 5.02 Å². The fourth-order valence-corrected chi connectivity index (χ4v) is 1.25. The third-order valence-corrected chi connectivity index (χ3v) is 2.20. The van der Waals surface area contributed by atoms with E-state index in [4.69, 9.17) is 21.8 Å². The summed E-state index contributed by atoms with van der Waals surface area (Å²) in [7, 11) is 0. The number of nitrogens with one attached hydrogen (secondary N) is 1. The van der Waals surface area contributed by atoms with E-state index >= 15 is 0 Å². The summed E-state index contributed by atoms with van der Waals surface area (Å²) >= 11 is 5.50. The Balaban J connectivity index is 2.86. The topological polar surface area (TPSA) is 86.6 Å². The molecular weight excluding hydrogens is 253 g/mol. The molecule has 0 bridgehead atoms. The Labute approximate surface area is 101 Å². The number of carbonyl (C=O) groups is 2. The summed E-state index contributed by atoms with van der Waals surface area (Å²) < 4.78 is 13.3. The predicted molar refractivity (Wildman–Crippen MR) is 57.4 cm³/mol. The number of benzene rings is 1. The molecule has 3 N–H and O–H groups in total. The molecule has 1 amide bonds. The van der Waals surface area contributed by atoms with Gasteiger partial charge in [-0.15, -0.1) is 0 Å². The van der Waals surface area contributed by atoms with Crippen molar-refractivity contribution in [3.8, 4) is 0 Å². The van der Waals surface area contributed by atoms with Gasteiger partial charge in [0.05, 0.1) is 12.2 Å². The quantitative estimate of drug-likeness (QED) is 0.743. The van der Waals surface area contributed by atoms with Crippen molar-refractivity contribution in [3.63, 3.8) is 0 Å². The van der Waals surface area contributed by atoms with E-state index in [2.05, 4.69) is 0 Å². The Kier molecular flexibility index (Phi) is 4.42. The number of carboxylic acids is 1. The van der Waals surface area contributed by atoms with E-state index in [9.17, 15) is 14.0 Å². The minimum atomic E-state index is -1.47. The van der Waals surface area contributed by atoms with E-state index in [1.165, 1.54) is 6.07 Å². The monoisotopic (exact) mass is 261 g/mol. The Morgan fingerprint density at radius 1 is 1.47 bits per heavy atom. The van der Waals surface area contributed by atoms with E-state index in [1.54, 1.807) is 0 Å². The molecule has 0 aliphatic carbocycles. The lowest BCUT2D eigenvalue weighted by molar-refractivity contribution is -0.140. The molecule has 0 fully saturated rings. The molecule has 1 aromatic rings. The lowest BCUT2D eigenvalue weighted by Crippen LogP contribution is -2.43. The van der Waals surface area contributed by atoms with Crippen LogP contribution >= 0.6 is 11.6 Å². The number of aliphatic carboxylic acids is 1. The van der Waals surface area contributed by atoms with Crippen molar-refractivity contribution < 1.29 is 24.2 Å². The summed E-state index contributed by atoms with van der Waals surface area (Å²) in [5.74, 6) is -3.20. The van der Waals surface area contributed by atoms with E-state index in [0.29, 0.717) is 0 Å². The second-order valence-corrected chi connectivity index (χ2v) is 3.61. The molecule has 0 aromatic heterocycles. The highest BCUT2D eigenvalue weighted by atomic mass is 35.5. The normalized spacial score (nSPS) is 11.9. The van der Waals surface area contributed by atoms with Gasteiger partial charge in [-0.2, -0.15) is 0 Å². The molecule has 0 saturated heterocycles.